The molecule has 2 aromatic carbocycles. The second kappa shape index (κ2) is 7.67. The maximum atomic E-state index is 12.5. The molecule has 0 aliphatic rings. The number of hydrogen-bond acceptors (Lipinski definition) is 5. The minimum atomic E-state index is -0.493. The van der Waals surface area contributed by atoms with E-state index < -0.39 is 11.2 Å². The summed E-state index contributed by atoms with van der Waals surface area (Å²) in [5.74, 6) is 1.49. The van der Waals surface area contributed by atoms with Crippen molar-refractivity contribution in [3.05, 3.63) is 86.8 Å². The third-order valence-corrected chi connectivity index (χ3v) is 4.77. The third-order valence-electron chi connectivity index (χ3n) is 4.77. The van der Waals surface area contributed by atoms with Crippen LogP contribution in [0.2, 0.25) is 0 Å². The minimum Gasteiger partial charge on any atom is -0.497 e. The molecule has 0 saturated carbocycles. The zero-order valence-electron chi connectivity index (χ0n) is 16.1. The fourth-order valence-electron chi connectivity index (χ4n) is 3.23. The Morgan fingerprint density at radius 1 is 0.862 bits per heavy atom. The largest absolute Gasteiger partial charge is 0.497 e. The van der Waals surface area contributed by atoms with Gasteiger partial charge in [-0.25, -0.2) is 9.78 Å². The van der Waals surface area contributed by atoms with Crippen LogP contribution in [0, 0.1) is 0 Å². The lowest BCUT2D eigenvalue weighted by atomic mass is 10.2. The first kappa shape index (κ1) is 18.5. The monoisotopic (exact) mass is 392 g/mol. The van der Waals surface area contributed by atoms with Gasteiger partial charge in [-0.1, -0.05) is 24.3 Å². The molecule has 8 heteroatoms. The number of imidazole rings is 1. The lowest BCUT2D eigenvalue weighted by molar-refractivity contribution is 0.414. The van der Waals surface area contributed by atoms with Crippen LogP contribution in [-0.2, 0) is 13.1 Å². The van der Waals surface area contributed by atoms with Gasteiger partial charge in [-0.2, -0.15) is 0 Å². The molecule has 0 unspecified atom stereocenters. The first-order valence-electron chi connectivity index (χ1n) is 9.03. The van der Waals surface area contributed by atoms with E-state index in [1.165, 1.54) is 4.57 Å². The Bertz CT molecular complexity index is 1250. The van der Waals surface area contributed by atoms with Crippen molar-refractivity contribution in [1.82, 2.24) is 19.1 Å². The molecule has 2 heterocycles. The normalized spacial score (nSPS) is 11.0. The third kappa shape index (κ3) is 3.64. The summed E-state index contributed by atoms with van der Waals surface area (Å²) in [5, 5.41) is 0. The topological polar surface area (TPSA) is 91.1 Å². The van der Waals surface area contributed by atoms with Crippen molar-refractivity contribution < 1.29 is 9.47 Å². The lowest BCUT2D eigenvalue weighted by Gasteiger charge is -2.09. The summed E-state index contributed by atoms with van der Waals surface area (Å²) in [6.07, 6.45) is 1.58. The van der Waals surface area contributed by atoms with Gasteiger partial charge >= 0.3 is 5.69 Å². The Morgan fingerprint density at radius 3 is 1.97 bits per heavy atom. The number of methoxy groups -OCH3 is 2. The van der Waals surface area contributed by atoms with E-state index in [4.69, 9.17) is 9.47 Å². The van der Waals surface area contributed by atoms with Crippen molar-refractivity contribution in [2.75, 3.05) is 14.2 Å². The van der Waals surface area contributed by atoms with Gasteiger partial charge in [-0.15, -0.1) is 0 Å². The molecule has 1 N–H and O–H groups in total. The van der Waals surface area contributed by atoms with Crippen molar-refractivity contribution >= 4 is 11.2 Å². The molecule has 148 valence electrons. The molecule has 0 radical (unpaired) electrons. The molecule has 0 aliphatic carbocycles. The van der Waals surface area contributed by atoms with Crippen LogP contribution in [0.1, 0.15) is 11.1 Å². The van der Waals surface area contributed by atoms with Gasteiger partial charge in [-0.3, -0.25) is 14.3 Å². The molecule has 0 saturated heterocycles. The average Bonchev–Trinajstić information content (AvgIpc) is 3.16. The summed E-state index contributed by atoms with van der Waals surface area (Å²) in [4.78, 5) is 31.7. The fourth-order valence-corrected chi connectivity index (χ4v) is 3.23. The van der Waals surface area contributed by atoms with Crippen LogP contribution in [-0.4, -0.2) is 33.3 Å². The van der Waals surface area contributed by atoms with Crippen LogP contribution >= 0.6 is 0 Å². The van der Waals surface area contributed by atoms with Gasteiger partial charge in [0.05, 0.1) is 27.1 Å². The first-order valence-corrected chi connectivity index (χ1v) is 9.03. The lowest BCUT2D eigenvalue weighted by Crippen LogP contribution is -2.31. The van der Waals surface area contributed by atoms with Crippen molar-refractivity contribution in [2.24, 2.45) is 0 Å². The van der Waals surface area contributed by atoms with Gasteiger partial charge in [0.1, 0.15) is 11.5 Å². The van der Waals surface area contributed by atoms with E-state index in [-0.39, 0.29) is 6.54 Å². The number of aromatic nitrogens is 4. The molecular weight excluding hydrogens is 372 g/mol. The Hall–Kier alpha value is -3.81. The van der Waals surface area contributed by atoms with Crippen LogP contribution in [0.15, 0.2) is 64.4 Å². The highest BCUT2D eigenvalue weighted by atomic mass is 16.5. The van der Waals surface area contributed by atoms with Crippen LogP contribution in [0.3, 0.4) is 0 Å². The van der Waals surface area contributed by atoms with Crippen LogP contribution in [0.25, 0.3) is 11.2 Å². The Labute approximate surface area is 166 Å². The number of fused-ring (bicyclic) bond motifs is 1. The molecule has 8 nitrogen and oxygen atoms in total. The zero-order chi connectivity index (χ0) is 20.4. The summed E-state index contributed by atoms with van der Waals surface area (Å²) in [5.41, 5.74) is 1.63. The van der Waals surface area contributed by atoms with E-state index >= 15 is 0 Å². The highest BCUT2D eigenvalue weighted by Crippen LogP contribution is 2.16. The van der Waals surface area contributed by atoms with E-state index in [0.29, 0.717) is 17.7 Å². The van der Waals surface area contributed by atoms with E-state index in [0.717, 1.165) is 22.6 Å². The summed E-state index contributed by atoms with van der Waals surface area (Å²) < 4.78 is 13.5. The SMILES string of the molecule is COc1ccc(Cn2cnc3c2c(=O)[nH]c(=O)n3Cc2ccc(OC)cc2)cc1. The highest BCUT2D eigenvalue weighted by Gasteiger charge is 2.14. The molecule has 2 aromatic heterocycles. The van der Waals surface area contributed by atoms with Crippen LogP contribution in [0.4, 0.5) is 0 Å². The second-order valence-electron chi connectivity index (χ2n) is 6.59. The van der Waals surface area contributed by atoms with Gasteiger partial charge in [0.2, 0.25) is 0 Å². The van der Waals surface area contributed by atoms with E-state index in [1.807, 2.05) is 48.5 Å². The second-order valence-corrected chi connectivity index (χ2v) is 6.59. The average molecular weight is 392 g/mol. The van der Waals surface area contributed by atoms with Crippen molar-refractivity contribution in [2.45, 2.75) is 13.1 Å². The van der Waals surface area contributed by atoms with E-state index in [1.54, 1.807) is 25.1 Å². The number of nitrogens with one attached hydrogen (secondary N) is 1. The van der Waals surface area contributed by atoms with E-state index in [9.17, 15) is 9.59 Å². The molecule has 0 spiro atoms. The standard InChI is InChI=1S/C21H20N4O4/c1-28-16-7-3-14(4-8-16)11-24-13-22-19-18(24)20(26)23-21(27)25(19)12-15-5-9-17(29-2)10-6-15/h3-10,13H,11-12H2,1-2H3,(H,23,26,27). The number of rotatable bonds is 6. The molecule has 4 rings (SSSR count). The van der Waals surface area contributed by atoms with Crippen molar-refractivity contribution in [3.8, 4) is 11.5 Å². The van der Waals surface area contributed by atoms with Gasteiger partial charge in [-0.05, 0) is 35.4 Å². The summed E-state index contributed by atoms with van der Waals surface area (Å²) in [6, 6.07) is 15.0. The van der Waals surface area contributed by atoms with Gasteiger partial charge in [0, 0.05) is 6.54 Å². The van der Waals surface area contributed by atoms with Crippen LogP contribution in [0.5, 0.6) is 11.5 Å². The van der Waals surface area contributed by atoms with Crippen LogP contribution < -0.4 is 20.7 Å². The predicted octanol–water partition coefficient (Wildman–Crippen LogP) is 2.00. The Kier molecular flexibility index (Phi) is 4.90. The molecule has 0 aliphatic heterocycles. The molecule has 29 heavy (non-hydrogen) atoms. The van der Waals surface area contributed by atoms with E-state index in [2.05, 4.69) is 9.97 Å². The molecule has 0 fully saturated rings. The maximum absolute atomic E-state index is 12.5. The molecule has 0 atom stereocenters. The Morgan fingerprint density at radius 2 is 1.41 bits per heavy atom. The summed E-state index contributed by atoms with van der Waals surface area (Å²) >= 11 is 0. The zero-order valence-corrected chi connectivity index (χ0v) is 16.1. The van der Waals surface area contributed by atoms with Gasteiger partial charge in [0.25, 0.3) is 5.56 Å². The Balaban J connectivity index is 1.72. The number of aromatic amines is 1. The quantitative estimate of drug-likeness (QED) is 0.542. The minimum absolute atomic E-state index is 0.287. The van der Waals surface area contributed by atoms with Crippen molar-refractivity contribution in [1.29, 1.82) is 0 Å². The molecular formula is C21H20N4O4. The maximum Gasteiger partial charge on any atom is 0.330 e. The first-order chi connectivity index (χ1) is 14.1. The molecule has 0 bridgehead atoms. The smallest absolute Gasteiger partial charge is 0.330 e. The van der Waals surface area contributed by atoms with Gasteiger partial charge in [0.15, 0.2) is 11.2 Å². The summed E-state index contributed by atoms with van der Waals surface area (Å²) in [6.45, 7) is 0.736. The van der Waals surface area contributed by atoms with Gasteiger partial charge < -0.3 is 14.0 Å². The molecule has 0 amide bonds. The van der Waals surface area contributed by atoms with Crippen molar-refractivity contribution in [3.63, 3.8) is 0 Å². The number of ether oxygens (including phenoxy) is 2. The number of benzene rings is 2. The number of nitrogens with zero attached hydrogens (tertiary/aromatic N) is 3. The fraction of sp³-hybridized carbons (Fsp3) is 0.190. The number of hydrogen-bond donors (Lipinski definition) is 1. The highest BCUT2D eigenvalue weighted by molar-refractivity contribution is 5.70. The number of H-pyrrole nitrogens is 1. The predicted molar refractivity (Wildman–Crippen MR) is 109 cm³/mol. The molecule has 4 aromatic rings. The summed E-state index contributed by atoms with van der Waals surface area (Å²) in [7, 11) is 3.21.